The molecule has 0 spiro atoms. The summed E-state index contributed by atoms with van der Waals surface area (Å²) >= 11 is 5.72. The highest BCUT2D eigenvalue weighted by Gasteiger charge is 2.12. The Morgan fingerprint density at radius 1 is 1.16 bits per heavy atom. The molecule has 3 aromatic rings. The molecule has 3 rings (SSSR count). The molecule has 0 saturated carbocycles. The molecule has 0 radical (unpaired) electrons. The lowest BCUT2D eigenvalue weighted by Gasteiger charge is -1.99. The number of benzene rings is 2. The van der Waals surface area contributed by atoms with Gasteiger partial charge in [-0.15, -0.1) is 10.2 Å². The zero-order valence-corrected chi connectivity index (χ0v) is 13.8. The van der Waals surface area contributed by atoms with E-state index >= 15 is 0 Å². The highest BCUT2D eigenvalue weighted by atomic mass is 35.5. The summed E-state index contributed by atoms with van der Waals surface area (Å²) in [7, 11) is 1.33. The highest BCUT2D eigenvalue weighted by molar-refractivity contribution is 6.30. The summed E-state index contributed by atoms with van der Waals surface area (Å²) in [5.41, 5.74) is 1.46. The molecular formula is C18H12ClFN2O3. The van der Waals surface area contributed by atoms with Crippen molar-refractivity contribution in [1.82, 2.24) is 10.2 Å². The van der Waals surface area contributed by atoms with Crippen molar-refractivity contribution in [2.75, 3.05) is 7.11 Å². The zero-order valence-electron chi connectivity index (χ0n) is 13.1. The standard InChI is InChI=1S/C18H12ClFN2O3/c1-24-18(23)12-5-2-11(3-6-12)4-9-16-21-22-17(25-16)14-8-7-13(19)10-15(14)20/h2-10H,1H3/b9-4+. The van der Waals surface area contributed by atoms with Gasteiger partial charge >= 0.3 is 5.97 Å². The number of methoxy groups -OCH3 is 1. The predicted octanol–water partition coefficient (Wildman–Crippen LogP) is 4.49. The van der Waals surface area contributed by atoms with E-state index in [1.807, 2.05) is 0 Å². The molecule has 2 aromatic carbocycles. The molecule has 126 valence electrons. The number of carbonyl (C=O) groups excluding carboxylic acids is 1. The van der Waals surface area contributed by atoms with Crippen LogP contribution in [0.1, 0.15) is 21.8 Å². The first kappa shape index (κ1) is 16.9. The maximum atomic E-state index is 13.9. The molecule has 0 aliphatic rings. The highest BCUT2D eigenvalue weighted by Crippen LogP contribution is 2.24. The van der Waals surface area contributed by atoms with Gasteiger partial charge in [-0.25, -0.2) is 9.18 Å². The van der Waals surface area contributed by atoms with Gasteiger partial charge in [0.25, 0.3) is 5.89 Å². The van der Waals surface area contributed by atoms with Gasteiger partial charge < -0.3 is 9.15 Å². The van der Waals surface area contributed by atoms with Gasteiger partial charge in [0.2, 0.25) is 5.89 Å². The Hall–Kier alpha value is -2.99. The molecule has 0 atom stereocenters. The third kappa shape index (κ3) is 3.92. The number of halogens is 2. The first-order chi connectivity index (χ1) is 12.1. The Balaban J connectivity index is 1.76. The third-order valence-corrected chi connectivity index (χ3v) is 3.59. The van der Waals surface area contributed by atoms with Crippen LogP contribution in [0.25, 0.3) is 23.6 Å². The van der Waals surface area contributed by atoms with Crippen LogP contribution in [0.2, 0.25) is 5.02 Å². The molecule has 0 unspecified atom stereocenters. The van der Waals surface area contributed by atoms with Crippen LogP contribution in [0.15, 0.2) is 46.9 Å². The van der Waals surface area contributed by atoms with E-state index in [-0.39, 0.29) is 22.4 Å². The minimum Gasteiger partial charge on any atom is -0.465 e. The summed E-state index contributed by atoms with van der Waals surface area (Å²) < 4.78 is 23.9. The molecule has 0 aliphatic carbocycles. The molecule has 5 nitrogen and oxygen atoms in total. The average Bonchev–Trinajstić information content (AvgIpc) is 3.08. The number of nitrogens with zero attached hydrogens (tertiary/aromatic N) is 2. The fourth-order valence-corrected chi connectivity index (χ4v) is 2.25. The van der Waals surface area contributed by atoms with Crippen LogP contribution in [0, 0.1) is 5.82 Å². The number of hydrogen-bond donors (Lipinski definition) is 0. The zero-order chi connectivity index (χ0) is 17.8. The quantitative estimate of drug-likeness (QED) is 0.643. The van der Waals surface area contributed by atoms with Crippen molar-refractivity contribution < 1.29 is 18.3 Å². The van der Waals surface area contributed by atoms with Gasteiger partial charge in [-0.1, -0.05) is 23.7 Å². The van der Waals surface area contributed by atoms with Gasteiger partial charge in [0.1, 0.15) is 5.82 Å². The van der Waals surface area contributed by atoms with Gasteiger partial charge in [-0.05, 0) is 42.0 Å². The van der Waals surface area contributed by atoms with Crippen molar-refractivity contribution in [3.05, 3.63) is 70.3 Å². The normalized spacial score (nSPS) is 11.0. The smallest absolute Gasteiger partial charge is 0.337 e. The summed E-state index contributed by atoms with van der Waals surface area (Å²) in [5.74, 6) is -0.650. The Bertz CT molecular complexity index is 936. The Morgan fingerprint density at radius 3 is 2.60 bits per heavy atom. The van der Waals surface area contributed by atoms with Crippen molar-refractivity contribution in [3.63, 3.8) is 0 Å². The monoisotopic (exact) mass is 358 g/mol. The largest absolute Gasteiger partial charge is 0.465 e. The number of hydrogen-bond acceptors (Lipinski definition) is 5. The fraction of sp³-hybridized carbons (Fsp3) is 0.0556. The first-order valence-electron chi connectivity index (χ1n) is 7.22. The topological polar surface area (TPSA) is 65.2 Å². The van der Waals surface area contributed by atoms with Crippen molar-refractivity contribution in [2.45, 2.75) is 0 Å². The van der Waals surface area contributed by atoms with Crippen molar-refractivity contribution in [1.29, 1.82) is 0 Å². The van der Waals surface area contributed by atoms with Crippen LogP contribution < -0.4 is 0 Å². The summed E-state index contributed by atoms with van der Waals surface area (Å²) in [6, 6.07) is 11.0. The average molecular weight is 359 g/mol. The number of carbonyl (C=O) groups is 1. The maximum absolute atomic E-state index is 13.9. The molecule has 0 bridgehead atoms. The van der Waals surface area contributed by atoms with E-state index in [0.29, 0.717) is 5.56 Å². The van der Waals surface area contributed by atoms with E-state index in [4.69, 9.17) is 16.0 Å². The molecule has 1 heterocycles. The second kappa shape index (κ2) is 7.27. The Kier molecular flexibility index (Phi) is 4.90. The minimum absolute atomic E-state index is 0.0647. The predicted molar refractivity (Wildman–Crippen MR) is 91.4 cm³/mol. The van der Waals surface area contributed by atoms with Gasteiger partial charge in [0.15, 0.2) is 0 Å². The van der Waals surface area contributed by atoms with Crippen LogP contribution in [0.3, 0.4) is 0 Å². The number of rotatable bonds is 4. The molecule has 0 N–H and O–H groups in total. The van der Waals surface area contributed by atoms with Crippen LogP contribution in [0.5, 0.6) is 0 Å². The van der Waals surface area contributed by atoms with Crippen molar-refractivity contribution in [3.8, 4) is 11.5 Å². The van der Waals surface area contributed by atoms with Crippen LogP contribution in [-0.2, 0) is 4.74 Å². The van der Waals surface area contributed by atoms with E-state index in [1.54, 1.807) is 42.5 Å². The van der Waals surface area contributed by atoms with E-state index < -0.39 is 11.8 Å². The van der Waals surface area contributed by atoms with Gasteiger partial charge in [0, 0.05) is 11.1 Å². The second-order valence-corrected chi connectivity index (χ2v) is 5.45. The molecule has 0 saturated heterocycles. The van der Waals surface area contributed by atoms with E-state index in [0.717, 1.165) is 5.56 Å². The molecular weight excluding hydrogens is 347 g/mol. The molecule has 25 heavy (non-hydrogen) atoms. The van der Waals surface area contributed by atoms with E-state index in [1.165, 1.54) is 19.2 Å². The minimum atomic E-state index is -0.537. The van der Waals surface area contributed by atoms with Crippen LogP contribution >= 0.6 is 11.6 Å². The summed E-state index contributed by atoms with van der Waals surface area (Å²) in [6.07, 6.45) is 3.33. The molecule has 0 aliphatic heterocycles. The maximum Gasteiger partial charge on any atom is 0.337 e. The summed E-state index contributed by atoms with van der Waals surface area (Å²) in [6.45, 7) is 0. The van der Waals surface area contributed by atoms with Gasteiger partial charge in [-0.2, -0.15) is 0 Å². The fourth-order valence-electron chi connectivity index (χ4n) is 2.09. The Morgan fingerprint density at radius 2 is 1.92 bits per heavy atom. The van der Waals surface area contributed by atoms with Gasteiger partial charge in [0.05, 0.1) is 18.2 Å². The summed E-state index contributed by atoms with van der Waals surface area (Å²) in [5, 5.41) is 7.97. The summed E-state index contributed by atoms with van der Waals surface area (Å²) in [4.78, 5) is 11.4. The first-order valence-corrected chi connectivity index (χ1v) is 7.60. The lowest BCUT2D eigenvalue weighted by molar-refractivity contribution is 0.0600. The van der Waals surface area contributed by atoms with Crippen LogP contribution in [-0.4, -0.2) is 23.3 Å². The van der Waals surface area contributed by atoms with Crippen LogP contribution in [0.4, 0.5) is 4.39 Å². The lowest BCUT2D eigenvalue weighted by atomic mass is 10.1. The van der Waals surface area contributed by atoms with E-state index in [9.17, 15) is 9.18 Å². The van der Waals surface area contributed by atoms with Crippen molar-refractivity contribution in [2.24, 2.45) is 0 Å². The second-order valence-electron chi connectivity index (χ2n) is 5.02. The van der Waals surface area contributed by atoms with Gasteiger partial charge in [-0.3, -0.25) is 0 Å². The molecule has 0 amide bonds. The Labute approximate surface area is 147 Å². The number of aromatic nitrogens is 2. The van der Waals surface area contributed by atoms with Crippen molar-refractivity contribution >= 4 is 29.7 Å². The SMILES string of the molecule is COC(=O)c1ccc(/C=C/c2nnc(-c3ccc(Cl)cc3F)o2)cc1. The lowest BCUT2D eigenvalue weighted by Crippen LogP contribution is -2.00. The number of esters is 1. The molecule has 1 aromatic heterocycles. The number of ether oxygens (including phenoxy) is 1. The molecule has 7 heteroatoms. The van der Waals surface area contributed by atoms with E-state index in [2.05, 4.69) is 14.9 Å². The third-order valence-electron chi connectivity index (χ3n) is 3.35. The molecule has 0 fully saturated rings.